The van der Waals surface area contributed by atoms with Crippen LogP contribution in [0.15, 0.2) is 41.3 Å². The van der Waals surface area contributed by atoms with Crippen molar-refractivity contribution in [1.82, 2.24) is 5.32 Å². The standard InChI is InChI=1S/C26H26ClNO2S/c1-14(2)17-8-9-26(4,5)21-10-15(3)18(13-19(17)21)20-11-16(6-7-22(20)27)12-23-24(29)28-25(30)31-23/h6-8,10-14H,9H2,1-5H3,(H,28,29,30)/b23-12+. The smallest absolute Gasteiger partial charge is 0.282 e. The van der Waals surface area contributed by atoms with Gasteiger partial charge in [-0.25, -0.2) is 0 Å². The maximum atomic E-state index is 11.9. The zero-order valence-electron chi connectivity index (χ0n) is 18.4. The molecule has 5 heteroatoms. The molecule has 2 aromatic rings. The number of imide groups is 1. The molecule has 1 aliphatic heterocycles. The molecule has 1 N–H and O–H groups in total. The van der Waals surface area contributed by atoms with E-state index in [2.05, 4.69) is 58.1 Å². The molecule has 2 amide bonds. The third-order valence-electron chi connectivity index (χ3n) is 6.08. The topological polar surface area (TPSA) is 46.2 Å². The van der Waals surface area contributed by atoms with Gasteiger partial charge in [-0.1, -0.05) is 57.5 Å². The summed E-state index contributed by atoms with van der Waals surface area (Å²) in [6.07, 6.45) is 5.15. The summed E-state index contributed by atoms with van der Waals surface area (Å²) in [7, 11) is 0. The van der Waals surface area contributed by atoms with Gasteiger partial charge in [0.1, 0.15) is 0 Å². The summed E-state index contributed by atoms with van der Waals surface area (Å²) < 4.78 is 0. The van der Waals surface area contributed by atoms with E-state index in [0.717, 1.165) is 34.9 Å². The molecule has 2 aromatic carbocycles. The van der Waals surface area contributed by atoms with Crippen molar-refractivity contribution in [2.75, 3.05) is 0 Å². The van der Waals surface area contributed by atoms with Crippen molar-refractivity contribution in [3.8, 4) is 11.1 Å². The van der Waals surface area contributed by atoms with Crippen LogP contribution in [0.2, 0.25) is 5.02 Å². The summed E-state index contributed by atoms with van der Waals surface area (Å²) in [5.74, 6) is 0.0813. The average molecular weight is 452 g/mol. The fourth-order valence-electron chi connectivity index (χ4n) is 4.34. The fraction of sp³-hybridized carbons (Fsp3) is 0.308. The van der Waals surface area contributed by atoms with Crippen molar-refractivity contribution in [2.24, 2.45) is 5.92 Å². The first-order valence-electron chi connectivity index (χ1n) is 10.5. The predicted octanol–water partition coefficient (Wildman–Crippen LogP) is 7.36. The Balaban J connectivity index is 1.85. The Morgan fingerprint density at radius 3 is 2.48 bits per heavy atom. The minimum atomic E-state index is -0.356. The van der Waals surface area contributed by atoms with Gasteiger partial charge in [0.2, 0.25) is 0 Å². The number of rotatable bonds is 3. The molecular formula is C26H26ClNO2S. The van der Waals surface area contributed by atoms with Crippen molar-refractivity contribution < 1.29 is 9.59 Å². The van der Waals surface area contributed by atoms with Crippen LogP contribution in [-0.2, 0) is 10.2 Å². The predicted molar refractivity (Wildman–Crippen MR) is 131 cm³/mol. The van der Waals surface area contributed by atoms with Gasteiger partial charge in [-0.3, -0.25) is 14.9 Å². The maximum Gasteiger partial charge on any atom is 0.290 e. The van der Waals surface area contributed by atoms with E-state index in [4.69, 9.17) is 11.6 Å². The highest BCUT2D eigenvalue weighted by molar-refractivity contribution is 8.18. The third kappa shape index (κ3) is 4.11. The number of nitrogens with one attached hydrogen (secondary N) is 1. The van der Waals surface area contributed by atoms with Gasteiger partial charge in [0.25, 0.3) is 11.1 Å². The molecule has 0 aromatic heterocycles. The lowest BCUT2D eigenvalue weighted by atomic mass is 9.70. The Morgan fingerprint density at radius 2 is 1.84 bits per heavy atom. The van der Waals surface area contributed by atoms with Crippen molar-refractivity contribution in [1.29, 1.82) is 0 Å². The Hall–Kier alpha value is -2.30. The second kappa shape index (κ2) is 7.99. The summed E-state index contributed by atoms with van der Waals surface area (Å²) in [6, 6.07) is 10.3. The number of fused-ring (bicyclic) bond motifs is 1. The SMILES string of the molecule is Cc1cc2c(cc1-c1cc(/C=C3/SC(=O)NC3=O)ccc1Cl)C(C(C)C)=CCC2(C)C. The van der Waals surface area contributed by atoms with E-state index >= 15 is 0 Å². The van der Waals surface area contributed by atoms with Crippen LogP contribution in [0, 0.1) is 12.8 Å². The van der Waals surface area contributed by atoms with Crippen molar-refractivity contribution >= 4 is 46.2 Å². The van der Waals surface area contributed by atoms with Crippen LogP contribution in [0.5, 0.6) is 0 Å². The maximum absolute atomic E-state index is 11.9. The number of hydrogen-bond donors (Lipinski definition) is 1. The minimum absolute atomic E-state index is 0.0899. The van der Waals surface area contributed by atoms with Gasteiger partial charge in [-0.2, -0.15) is 0 Å². The van der Waals surface area contributed by atoms with E-state index in [1.54, 1.807) is 6.08 Å². The number of allylic oxidation sites excluding steroid dienone is 2. The van der Waals surface area contributed by atoms with E-state index < -0.39 is 0 Å². The quantitative estimate of drug-likeness (QED) is 0.496. The first-order valence-corrected chi connectivity index (χ1v) is 11.7. The molecule has 31 heavy (non-hydrogen) atoms. The summed E-state index contributed by atoms with van der Waals surface area (Å²) in [4.78, 5) is 23.8. The highest BCUT2D eigenvalue weighted by Crippen LogP contribution is 2.45. The number of benzene rings is 2. The normalized spacial score (nSPS) is 18.9. The molecule has 1 heterocycles. The Bertz CT molecular complexity index is 1170. The lowest BCUT2D eigenvalue weighted by Gasteiger charge is -2.34. The molecule has 0 atom stereocenters. The molecule has 4 rings (SSSR count). The first-order chi connectivity index (χ1) is 14.6. The Morgan fingerprint density at radius 1 is 1.10 bits per heavy atom. The van der Waals surface area contributed by atoms with Gasteiger partial charge >= 0.3 is 0 Å². The van der Waals surface area contributed by atoms with Crippen molar-refractivity contribution in [3.05, 3.63) is 68.6 Å². The molecule has 0 spiro atoms. The summed E-state index contributed by atoms with van der Waals surface area (Å²) >= 11 is 7.56. The van der Waals surface area contributed by atoms with Crippen molar-refractivity contribution in [3.63, 3.8) is 0 Å². The van der Waals surface area contributed by atoms with Crippen LogP contribution in [-0.4, -0.2) is 11.1 Å². The molecule has 2 aliphatic rings. The largest absolute Gasteiger partial charge is 0.290 e. The van der Waals surface area contributed by atoms with Crippen LogP contribution in [0.25, 0.3) is 22.8 Å². The van der Waals surface area contributed by atoms with Gasteiger partial charge < -0.3 is 0 Å². The van der Waals surface area contributed by atoms with Crippen LogP contribution in [0.3, 0.4) is 0 Å². The first kappa shape index (κ1) is 21.9. The number of thioether (sulfide) groups is 1. The van der Waals surface area contributed by atoms with E-state index in [1.165, 1.54) is 22.3 Å². The van der Waals surface area contributed by atoms with E-state index in [-0.39, 0.29) is 16.6 Å². The zero-order chi connectivity index (χ0) is 22.5. The molecule has 3 nitrogen and oxygen atoms in total. The number of carbonyl (C=O) groups excluding carboxylic acids is 2. The number of carbonyl (C=O) groups is 2. The molecule has 0 saturated carbocycles. The summed E-state index contributed by atoms with van der Waals surface area (Å²) in [5.41, 5.74) is 8.17. The molecule has 1 aliphatic carbocycles. The van der Waals surface area contributed by atoms with E-state index in [1.807, 2.05) is 18.2 Å². The Labute approximate surface area is 193 Å². The van der Waals surface area contributed by atoms with Gasteiger partial charge in [0.15, 0.2) is 0 Å². The Kier molecular flexibility index (Phi) is 5.65. The van der Waals surface area contributed by atoms with Gasteiger partial charge in [-0.15, -0.1) is 0 Å². The van der Waals surface area contributed by atoms with Gasteiger partial charge in [0.05, 0.1) is 4.91 Å². The summed E-state index contributed by atoms with van der Waals surface area (Å²) in [5, 5.41) is 2.62. The number of aryl methyl sites for hydroxylation is 1. The molecule has 160 valence electrons. The van der Waals surface area contributed by atoms with Crippen LogP contribution < -0.4 is 5.32 Å². The van der Waals surface area contributed by atoms with E-state index in [9.17, 15) is 9.59 Å². The van der Waals surface area contributed by atoms with Crippen LogP contribution in [0.4, 0.5) is 4.79 Å². The second-order valence-electron chi connectivity index (χ2n) is 9.21. The number of halogens is 1. The number of hydrogen-bond acceptors (Lipinski definition) is 3. The molecule has 0 unspecified atom stereocenters. The van der Waals surface area contributed by atoms with Gasteiger partial charge in [0, 0.05) is 10.6 Å². The highest BCUT2D eigenvalue weighted by Gasteiger charge is 2.30. The van der Waals surface area contributed by atoms with Crippen LogP contribution >= 0.6 is 23.4 Å². The highest BCUT2D eigenvalue weighted by atomic mass is 35.5. The van der Waals surface area contributed by atoms with Crippen molar-refractivity contribution in [2.45, 2.75) is 46.5 Å². The molecular weight excluding hydrogens is 426 g/mol. The zero-order valence-corrected chi connectivity index (χ0v) is 20.0. The molecule has 0 radical (unpaired) electrons. The molecule has 1 saturated heterocycles. The number of amides is 2. The minimum Gasteiger partial charge on any atom is -0.282 e. The fourth-order valence-corrected chi connectivity index (χ4v) is 5.24. The lowest BCUT2D eigenvalue weighted by Crippen LogP contribution is -2.23. The van der Waals surface area contributed by atoms with E-state index in [0.29, 0.717) is 15.8 Å². The van der Waals surface area contributed by atoms with Crippen LogP contribution in [0.1, 0.15) is 56.4 Å². The molecule has 1 fully saturated rings. The third-order valence-corrected chi connectivity index (χ3v) is 7.22. The van der Waals surface area contributed by atoms with Gasteiger partial charge in [-0.05, 0) is 94.1 Å². The monoisotopic (exact) mass is 451 g/mol. The average Bonchev–Trinajstić information content (AvgIpc) is 3.00. The lowest BCUT2D eigenvalue weighted by molar-refractivity contribution is -0.115. The summed E-state index contributed by atoms with van der Waals surface area (Å²) in [6.45, 7) is 11.2. The second-order valence-corrected chi connectivity index (χ2v) is 10.6. The molecule has 0 bridgehead atoms.